The Balaban J connectivity index is 1.92. The van der Waals surface area contributed by atoms with Crippen molar-refractivity contribution in [3.8, 4) is 17.2 Å². The summed E-state index contributed by atoms with van der Waals surface area (Å²) in [5, 5.41) is 17.2. The molecule has 0 bridgehead atoms. The van der Waals surface area contributed by atoms with Crippen LogP contribution in [0.15, 0.2) is 53.6 Å². The summed E-state index contributed by atoms with van der Waals surface area (Å²) in [6.07, 6.45) is -3.56. The summed E-state index contributed by atoms with van der Waals surface area (Å²) in [6, 6.07) is 9.79. The van der Waals surface area contributed by atoms with E-state index in [0.29, 0.717) is 11.6 Å². The number of pyridine rings is 1. The largest absolute Gasteiger partial charge is 0.493 e. The number of alkyl halides is 3. The zero-order valence-electron chi connectivity index (χ0n) is 19.6. The van der Waals surface area contributed by atoms with E-state index in [1.54, 1.807) is 0 Å². The number of hydrazone groups is 1. The summed E-state index contributed by atoms with van der Waals surface area (Å²) < 4.78 is 55.7. The summed E-state index contributed by atoms with van der Waals surface area (Å²) >= 11 is 0. The Morgan fingerprint density at radius 2 is 1.65 bits per heavy atom. The van der Waals surface area contributed by atoms with Crippen LogP contribution in [0.5, 0.6) is 17.2 Å². The molecule has 3 rings (SSSR count). The molecule has 194 valence electrons. The first-order valence-electron chi connectivity index (χ1n) is 10.3. The molecular weight excluding hydrogens is 499 g/mol. The molecule has 1 aromatic heterocycles. The zero-order chi connectivity index (χ0) is 27.2. The molecule has 0 aliphatic rings. The number of amides is 1. The first-order chi connectivity index (χ1) is 17.6. The first-order valence-corrected chi connectivity index (χ1v) is 10.3. The number of carbonyl (C=O) groups is 1. The number of methoxy groups -OCH3 is 3. The fraction of sp³-hybridized carbons (Fsp3) is 0.174. The molecule has 1 heterocycles. The number of benzene rings is 2. The molecule has 3 aromatic rings. The van der Waals surface area contributed by atoms with Gasteiger partial charge >= 0.3 is 6.18 Å². The molecule has 2 aromatic carbocycles. The number of nitro benzene ring substituents is 1. The molecule has 0 atom stereocenters. The Kier molecular flexibility index (Phi) is 8.12. The number of nitrogens with zero attached hydrogens (tertiary/aromatic N) is 3. The van der Waals surface area contributed by atoms with Crippen molar-refractivity contribution in [1.29, 1.82) is 0 Å². The molecule has 11 nitrogen and oxygen atoms in total. The van der Waals surface area contributed by atoms with Gasteiger partial charge in [-0.3, -0.25) is 14.9 Å². The van der Waals surface area contributed by atoms with Crippen molar-refractivity contribution in [2.24, 2.45) is 5.10 Å². The number of nitrogens with one attached hydrogen (secondary N) is 2. The van der Waals surface area contributed by atoms with E-state index in [4.69, 9.17) is 14.2 Å². The first kappa shape index (κ1) is 26.7. The van der Waals surface area contributed by atoms with Crippen molar-refractivity contribution in [1.82, 2.24) is 10.4 Å². The molecule has 0 aliphatic carbocycles. The van der Waals surface area contributed by atoms with Crippen LogP contribution < -0.4 is 25.0 Å². The number of hydrogen-bond acceptors (Lipinski definition) is 9. The predicted octanol–water partition coefficient (Wildman–Crippen LogP) is 4.54. The van der Waals surface area contributed by atoms with E-state index in [1.807, 2.05) is 0 Å². The van der Waals surface area contributed by atoms with E-state index in [0.717, 1.165) is 6.07 Å². The number of ether oxygens (including phenoxy) is 3. The van der Waals surface area contributed by atoms with E-state index >= 15 is 0 Å². The van der Waals surface area contributed by atoms with Gasteiger partial charge in [-0.25, -0.2) is 10.4 Å². The third-order valence-electron chi connectivity index (χ3n) is 4.84. The van der Waals surface area contributed by atoms with Crippen molar-refractivity contribution in [3.05, 3.63) is 75.5 Å². The van der Waals surface area contributed by atoms with Gasteiger partial charge in [0.05, 0.1) is 38.0 Å². The lowest BCUT2D eigenvalue weighted by atomic mass is 10.2. The van der Waals surface area contributed by atoms with Crippen LogP contribution in [0.2, 0.25) is 0 Å². The minimum atomic E-state index is -4.77. The average Bonchev–Trinajstić information content (AvgIpc) is 2.87. The molecule has 0 saturated heterocycles. The van der Waals surface area contributed by atoms with E-state index in [2.05, 4.69) is 20.8 Å². The topological polar surface area (TPSA) is 137 Å². The van der Waals surface area contributed by atoms with Crippen LogP contribution in [0.3, 0.4) is 0 Å². The summed E-state index contributed by atoms with van der Waals surface area (Å²) in [5.41, 5.74) is 1.23. The predicted molar refractivity (Wildman–Crippen MR) is 127 cm³/mol. The molecule has 2 N–H and O–H groups in total. The van der Waals surface area contributed by atoms with Crippen molar-refractivity contribution >= 4 is 29.3 Å². The standard InChI is InChI=1S/C23H20F3N5O6/c1-35-17-10-14(11-18(36-2)20(17)37-3)28-21-16(8-9-19(29-21)23(24,25)26)22(32)30-27-12-13-4-6-15(7-5-13)31(33)34/h4-12H,1-3H3,(H,28,29)(H,30,32)/b27-12+. The number of halogens is 3. The van der Waals surface area contributed by atoms with E-state index in [1.165, 1.54) is 63.9 Å². The van der Waals surface area contributed by atoms with Crippen LogP contribution in [0.4, 0.5) is 30.4 Å². The smallest absolute Gasteiger partial charge is 0.433 e. The van der Waals surface area contributed by atoms with Gasteiger partial charge in [0, 0.05) is 30.0 Å². The van der Waals surface area contributed by atoms with Gasteiger partial charge in [0.15, 0.2) is 11.5 Å². The zero-order valence-corrected chi connectivity index (χ0v) is 19.6. The molecule has 0 fully saturated rings. The molecule has 0 saturated carbocycles. The van der Waals surface area contributed by atoms with Crippen LogP contribution >= 0.6 is 0 Å². The van der Waals surface area contributed by atoms with Crippen LogP contribution in [-0.2, 0) is 6.18 Å². The van der Waals surface area contributed by atoms with Gasteiger partial charge in [-0.2, -0.15) is 18.3 Å². The van der Waals surface area contributed by atoms with Crippen LogP contribution in [0, 0.1) is 10.1 Å². The lowest BCUT2D eigenvalue weighted by molar-refractivity contribution is -0.384. The molecule has 0 spiro atoms. The molecular formula is C23H20F3N5O6. The van der Waals surface area contributed by atoms with Crippen molar-refractivity contribution < 1.29 is 37.1 Å². The summed E-state index contributed by atoms with van der Waals surface area (Å²) in [5.74, 6) is -0.586. The highest BCUT2D eigenvalue weighted by molar-refractivity contribution is 6.00. The van der Waals surface area contributed by atoms with Crippen LogP contribution in [0.1, 0.15) is 21.6 Å². The second-order valence-electron chi connectivity index (χ2n) is 7.18. The average molecular weight is 519 g/mol. The highest BCUT2D eigenvalue weighted by Crippen LogP contribution is 2.41. The monoisotopic (exact) mass is 519 g/mol. The number of carbonyl (C=O) groups excluding carboxylic acids is 1. The normalized spacial score (nSPS) is 11.2. The van der Waals surface area contributed by atoms with Gasteiger partial charge in [-0.05, 0) is 29.8 Å². The fourth-order valence-corrected chi connectivity index (χ4v) is 3.09. The summed E-state index contributed by atoms with van der Waals surface area (Å²) in [7, 11) is 4.12. The van der Waals surface area contributed by atoms with E-state index < -0.39 is 28.5 Å². The van der Waals surface area contributed by atoms with Gasteiger partial charge in [0.1, 0.15) is 11.5 Å². The maximum atomic E-state index is 13.3. The number of hydrogen-bond donors (Lipinski definition) is 2. The van der Waals surface area contributed by atoms with Crippen molar-refractivity contribution in [2.45, 2.75) is 6.18 Å². The molecule has 1 amide bonds. The second kappa shape index (κ2) is 11.2. The van der Waals surface area contributed by atoms with Gasteiger partial charge < -0.3 is 19.5 Å². The Bertz CT molecular complexity index is 1300. The van der Waals surface area contributed by atoms with Crippen LogP contribution in [0.25, 0.3) is 0 Å². The van der Waals surface area contributed by atoms with Crippen LogP contribution in [-0.4, -0.2) is 43.4 Å². The molecule has 0 unspecified atom stereocenters. The Hall–Kier alpha value is -4.88. The third kappa shape index (κ3) is 6.42. The number of rotatable bonds is 9. The Morgan fingerprint density at radius 1 is 1.03 bits per heavy atom. The minimum absolute atomic E-state index is 0.125. The Morgan fingerprint density at radius 3 is 2.16 bits per heavy atom. The highest BCUT2D eigenvalue weighted by Gasteiger charge is 2.33. The number of non-ortho nitro benzene ring substituents is 1. The number of nitro groups is 1. The summed E-state index contributed by atoms with van der Waals surface area (Å²) in [6.45, 7) is 0. The second-order valence-corrected chi connectivity index (χ2v) is 7.18. The van der Waals surface area contributed by atoms with Gasteiger partial charge in [0.2, 0.25) is 5.75 Å². The lowest BCUT2D eigenvalue weighted by Gasteiger charge is -2.17. The molecule has 14 heteroatoms. The third-order valence-corrected chi connectivity index (χ3v) is 4.84. The number of aromatic nitrogens is 1. The quantitative estimate of drug-likeness (QED) is 0.239. The van der Waals surface area contributed by atoms with Gasteiger partial charge in [-0.1, -0.05) is 0 Å². The van der Waals surface area contributed by atoms with E-state index in [9.17, 15) is 28.1 Å². The lowest BCUT2D eigenvalue weighted by Crippen LogP contribution is -2.21. The molecule has 0 radical (unpaired) electrons. The van der Waals surface area contributed by atoms with E-state index in [-0.39, 0.29) is 34.2 Å². The molecule has 37 heavy (non-hydrogen) atoms. The van der Waals surface area contributed by atoms with Crippen molar-refractivity contribution in [2.75, 3.05) is 26.6 Å². The summed E-state index contributed by atoms with van der Waals surface area (Å²) in [4.78, 5) is 26.5. The maximum absolute atomic E-state index is 13.3. The van der Waals surface area contributed by atoms with Gasteiger partial charge in [0.25, 0.3) is 11.6 Å². The SMILES string of the molecule is COc1cc(Nc2nc(C(F)(F)F)ccc2C(=O)N/N=C/c2ccc([N+](=O)[O-])cc2)cc(OC)c1OC. The van der Waals surface area contributed by atoms with Crippen molar-refractivity contribution in [3.63, 3.8) is 0 Å². The Labute approximate surface area is 208 Å². The molecule has 0 aliphatic heterocycles. The fourth-order valence-electron chi connectivity index (χ4n) is 3.09. The minimum Gasteiger partial charge on any atom is -0.493 e. The maximum Gasteiger partial charge on any atom is 0.433 e. The highest BCUT2D eigenvalue weighted by atomic mass is 19.4. The number of anilines is 2. The van der Waals surface area contributed by atoms with Gasteiger partial charge in [-0.15, -0.1) is 0 Å².